The number of pyridine rings is 1. The maximum absolute atomic E-state index is 5.05. The van der Waals surface area contributed by atoms with E-state index in [0.717, 1.165) is 44.7 Å². The van der Waals surface area contributed by atoms with E-state index in [9.17, 15) is 0 Å². The molecule has 0 fully saturated rings. The fourth-order valence-corrected chi connectivity index (χ4v) is 5.14. The minimum atomic E-state index is 0.887. The molecule has 0 spiro atoms. The van der Waals surface area contributed by atoms with Crippen molar-refractivity contribution in [3.05, 3.63) is 140 Å². The lowest BCUT2D eigenvalue weighted by Crippen LogP contribution is -1.95. The standard InChI is InChI=1S/C35H23N3/c1-2-9-25(10-3-1)34-35(38-33-17-5-4-16-32(33)37-34)26-20-18-24(19-21-26)28-12-6-15-31-29(13-7-14-30(28)31)27-11-8-22-36-23-27/h1-23H. The molecule has 7 aromatic rings. The Labute approximate surface area is 221 Å². The Morgan fingerprint density at radius 3 is 1.50 bits per heavy atom. The van der Waals surface area contributed by atoms with Crippen LogP contribution in [0.25, 0.3) is 66.6 Å². The molecule has 0 saturated heterocycles. The largest absolute Gasteiger partial charge is 0.264 e. The number of fused-ring (bicyclic) bond motifs is 2. The monoisotopic (exact) mass is 485 g/mol. The molecule has 0 aliphatic carbocycles. The highest BCUT2D eigenvalue weighted by molar-refractivity contribution is 6.04. The average molecular weight is 486 g/mol. The molecule has 0 aliphatic rings. The molecule has 7 rings (SSSR count). The predicted molar refractivity (Wildman–Crippen MR) is 157 cm³/mol. The SMILES string of the molecule is c1ccc(-c2nc3ccccc3nc2-c2ccc(-c3cccc4c(-c5cccnc5)cccc34)cc2)cc1. The summed E-state index contributed by atoms with van der Waals surface area (Å²) in [6.07, 6.45) is 3.73. The van der Waals surface area contributed by atoms with Gasteiger partial charge in [0.1, 0.15) is 0 Å². The minimum Gasteiger partial charge on any atom is -0.264 e. The molecule has 0 atom stereocenters. The number of hydrogen-bond donors (Lipinski definition) is 0. The van der Waals surface area contributed by atoms with E-state index < -0.39 is 0 Å². The van der Waals surface area contributed by atoms with Gasteiger partial charge in [-0.15, -0.1) is 0 Å². The van der Waals surface area contributed by atoms with E-state index in [1.165, 1.54) is 21.9 Å². The minimum absolute atomic E-state index is 0.887. The van der Waals surface area contributed by atoms with E-state index in [1.54, 1.807) is 0 Å². The summed E-state index contributed by atoms with van der Waals surface area (Å²) in [6.45, 7) is 0. The molecule has 0 bridgehead atoms. The molecule has 0 amide bonds. The van der Waals surface area contributed by atoms with Crippen molar-refractivity contribution in [1.82, 2.24) is 15.0 Å². The zero-order valence-electron chi connectivity index (χ0n) is 20.6. The summed E-state index contributed by atoms with van der Waals surface area (Å²) in [6, 6.07) is 44.1. The van der Waals surface area contributed by atoms with E-state index in [0.29, 0.717) is 0 Å². The average Bonchev–Trinajstić information content (AvgIpc) is 3.01. The maximum Gasteiger partial charge on any atom is 0.0973 e. The fraction of sp³-hybridized carbons (Fsp3) is 0. The number of hydrogen-bond acceptors (Lipinski definition) is 3. The summed E-state index contributed by atoms with van der Waals surface area (Å²) in [5.41, 5.74) is 10.3. The van der Waals surface area contributed by atoms with Crippen molar-refractivity contribution in [3.63, 3.8) is 0 Å². The van der Waals surface area contributed by atoms with E-state index >= 15 is 0 Å². The van der Waals surface area contributed by atoms with Crippen molar-refractivity contribution in [1.29, 1.82) is 0 Å². The highest BCUT2D eigenvalue weighted by atomic mass is 14.8. The summed E-state index contributed by atoms with van der Waals surface area (Å²) < 4.78 is 0. The maximum atomic E-state index is 5.05. The quantitative estimate of drug-likeness (QED) is 0.250. The zero-order valence-corrected chi connectivity index (χ0v) is 20.6. The van der Waals surface area contributed by atoms with Crippen molar-refractivity contribution in [2.75, 3.05) is 0 Å². The summed E-state index contributed by atoms with van der Waals surface area (Å²) in [7, 11) is 0. The summed E-state index contributed by atoms with van der Waals surface area (Å²) in [4.78, 5) is 14.4. The molecule has 2 heterocycles. The van der Waals surface area contributed by atoms with Crippen LogP contribution in [-0.4, -0.2) is 15.0 Å². The number of para-hydroxylation sites is 2. The van der Waals surface area contributed by atoms with Crippen molar-refractivity contribution < 1.29 is 0 Å². The van der Waals surface area contributed by atoms with Crippen LogP contribution in [0.2, 0.25) is 0 Å². The van der Waals surface area contributed by atoms with Gasteiger partial charge >= 0.3 is 0 Å². The summed E-state index contributed by atoms with van der Waals surface area (Å²) >= 11 is 0. The third kappa shape index (κ3) is 3.91. The van der Waals surface area contributed by atoms with Crippen LogP contribution in [0.5, 0.6) is 0 Å². The molecule has 3 heteroatoms. The third-order valence-electron chi connectivity index (χ3n) is 6.98. The van der Waals surface area contributed by atoms with Gasteiger partial charge in [0.05, 0.1) is 22.4 Å². The molecule has 0 aliphatic heterocycles. The molecule has 178 valence electrons. The van der Waals surface area contributed by atoms with Gasteiger partial charge in [0, 0.05) is 29.1 Å². The van der Waals surface area contributed by atoms with Gasteiger partial charge in [-0.2, -0.15) is 0 Å². The highest BCUT2D eigenvalue weighted by Gasteiger charge is 2.14. The molecule has 3 nitrogen and oxygen atoms in total. The molecular formula is C35H23N3. The predicted octanol–water partition coefficient (Wildman–Crippen LogP) is 8.85. The van der Waals surface area contributed by atoms with E-state index in [2.05, 4.69) is 83.8 Å². The first-order chi connectivity index (χ1) is 18.8. The first-order valence-electron chi connectivity index (χ1n) is 12.7. The van der Waals surface area contributed by atoms with Crippen LogP contribution in [0.4, 0.5) is 0 Å². The zero-order chi connectivity index (χ0) is 25.3. The van der Waals surface area contributed by atoms with Crippen molar-refractivity contribution in [2.24, 2.45) is 0 Å². The molecule has 2 aromatic heterocycles. The van der Waals surface area contributed by atoms with Crippen LogP contribution in [-0.2, 0) is 0 Å². The number of rotatable bonds is 4. The van der Waals surface area contributed by atoms with Gasteiger partial charge in [-0.1, -0.05) is 109 Å². The van der Waals surface area contributed by atoms with E-state index in [-0.39, 0.29) is 0 Å². The second-order valence-corrected chi connectivity index (χ2v) is 9.30. The van der Waals surface area contributed by atoms with Gasteiger partial charge in [0.25, 0.3) is 0 Å². The number of aromatic nitrogens is 3. The normalized spacial score (nSPS) is 11.2. The Kier molecular flexibility index (Phi) is 5.45. The Morgan fingerprint density at radius 2 is 0.895 bits per heavy atom. The Bertz CT molecular complexity index is 1890. The number of nitrogens with zero attached hydrogens (tertiary/aromatic N) is 3. The van der Waals surface area contributed by atoms with Crippen LogP contribution < -0.4 is 0 Å². The fourth-order valence-electron chi connectivity index (χ4n) is 5.14. The molecule has 0 saturated carbocycles. The molecule has 5 aromatic carbocycles. The first kappa shape index (κ1) is 22.1. The lowest BCUT2D eigenvalue weighted by atomic mass is 9.93. The topological polar surface area (TPSA) is 38.7 Å². The Hall–Kier alpha value is -5.15. The smallest absolute Gasteiger partial charge is 0.0973 e. The third-order valence-corrected chi connectivity index (χ3v) is 6.98. The highest BCUT2D eigenvalue weighted by Crippen LogP contribution is 2.36. The van der Waals surface area contributed by atoms with Gasteiger partial charge in [-0.05, 0) is 45.7 Å². The Morgan fingerprint density at radius 1 is 0.368 bits per heavy atom. The van der Waals surface area contributed by atoms with E-state index in [4.69, 9.17) is 9.97 Å². The van der Waals surface area contributed by atoms with Gasteiger partial charge in [-0.3, -0.25) is 4.98 Å². The first-order valence-corrected chi connectivity index (χ1v) is 12.7. The lowest BCUT2D eigenvalue weighted by molar-refractivity contribution is 1.29. The van der Waals surface area contributed by atoms with E-state index in [1.807, 2.05) is 60.9 Å². The summed E-state index contributed by atoms with van der Waals surface area (Å²) in [5, 5.41) is 2.44. The lowest BCUT2D eigenvalue weighted by Gasteiger charge is -2.13. The van der Waals surface area contributed by atoms with Crippen molar-refractivity contribution in [2.45, 2.75) is 0 Å². The molecule has 0 unspecified atom stereocenters. The van der Waals surface area contributed by atoms with Crippen LogP contribution in [0, 0.1) is 0 Å². The molecule has 0 radical (unpaired) electrons. The van der Waals surface area contributed by atoms with Crippen LogP contribution in [0.15, 0.2) is 140 Å². The Balaban J connectivity index is 1.35. The number of benzene rings is 5. The van der Waals surface area contributed by atoms with Crippen molar-refractivity contribution >= 4 is 21.8 Å². The second kappa shape index (κ2) is 9.38. The molecular weight excluding hydrogens is 462 g/mol. The van der Waals surface area contributed by atoms with Gasteiger partial charge < -0.3 is 0 Å². The van der Waals surface area contributed by atoms with Crippen molar-refractivity contribution in [3.8, 4) is 44.8 Å². The molecule has 38 heavy (non-hydrogen) atoms. The summed E-state index contributed by atoms with van der Waals surface area (Å²) in [5.74, 6) is 0. The van der Waals surface area contributed by atoms with Gasteiger partial charge in [-0.25, -0.2) is 9.97 Å². The van der Waals surface area contributed by atoms with Gasteiger partial charge in [0.2, 0.25) is 0 Å². The molecule has 0 N–H and O–H groups in total. The van der Waals surface area contributed by atoms with Crippen LogP contribution in [0.1, 0.15) is 0 Å². The second-order valence-electron chi connectivity index (χ2n) is 9.30. The van der Waals surface area contributed by atoms with Gasteiger partial charge in [0.15, 0.2) is 0 Å². The van der Waals surface area contributed by atoms with Crippen LogP contribution in [0.3, 0.4) is 0 Å². The van der Waals surface area contributed by atoms with Crippen LogP contribution >= 0.6 is 0 Å².